The van der Waals surface area contributed by atoms with Crippen molar-refractivity contribution in [3.63, 3.8) is 0 Å². The second kappa shape index (κ2) is 10.4. The van der Waals surface area contributed by atoms with Crippen LogP contribution in [0.1, 0.15) is 27.9 Å². The van der Waals surface area contributed by atoms with Crippen molar-refractivity contribution in [2.75, 3.05) is 38.3 Å². The second-order valence-electron chi connectivity index (χ2n) is 7.22. The number of carbonyl (C=O) groups is 1. The maximum Gasteiger partial charge on any atom is 0.260 e. The van der Waals surface area contributed by atoms with E-state index in [1.807, 2.05) is 35.4 Å². The quantitative estimate of drug-likeness (QED) is 0.436. The molecule has 0 fully saturated rings. The molecule has 0 saturated carbocycles. The molecule has 0 aliphatic heterocycles. The number of rotatable bonds is 7. The molecule has 4 nitrogen and oxygen atoms in total. The fraction of sp³-hybridized carbons (Fsp3) is 0.364. The largest absolute Gasteiger partial charge is 0.309 e. The van der Waals surface area contributed by atoms with Crippen molar-refractivity contribution in [1.29, 1.82) is 0 Å². The number of thiazole rings is 1. The highest BCUT2D eigenvalue weighted by Crippen LogP contribution is 2.34. The summed E-state index contributed by atoms with van der Waals surface area (Å²) in [6, 6.07) is 12.1. The fourth-order valence-electron chi connectivity index (χ4n) is 3.10. The standard InChI is InChI=1S/C22H27N3OS2.ClH/c1-15-10-11-16(2)20-19(15)23-22(28-20)25(13-7-12-24(3)4)21(26)17-8-6-9-18(14-17)27-5;/h6,8-11,14H,7,12-13H2,1-5H3;1H. The summed E-state index contributed by atoms with van der Waals surface area (Å²) in [7, 11) is 4.11. The van der Waals surface area contributed by atoms with E-state index in [2.05, 4.69) is 45.0 Å². The predicted molar refractivity (Wildman–Crippen MR) is 129 cm³/mol. The lowest BCUT2D eigenvalue weighted by Crippen LogP contribution is -2.33. The number of carbonyl (C=O) groups excluding carboxylic acids is 1. The molecular weight excluding hydrogens is 422 g/mol. The molecule has 0 radical (unpaired) electrons. The summed E-state index contributed by atoms with van der Waals surface area (Å²) in [5, 5.41) is 0.783. The number of hydrogen-bond donors (Lipinski definition) is 0. The topological polar surface area (TPSA) is 36.4 Å². The van der Waals surface area contributed by atoms with Crippen molar-refractivity contribution >= 4 is 56.8 Å². The molecule has 3 aromatic rings. The Morgan fingerprint density at radius 3 is 2.48 bits per heavy atom. The molecule has 156 valence electrons. The van der Waals surface area contributed by atoms with Gasteiger partial charge in [-0.1, -0.05) is 29.5 Å². The van der Waals surface area contributed by atoms with E-state index in [0.29, 0.717) is 12.1 Å². The van der Waals surface area contributed by atoms with Crippen molar-refractivity contribution in [2.45, 2.75) is 25.2 Å². The molecule has 1 aromatic heterocycles. The lowest BCUT2D eigenvalue weighted by atomic mass is 10.1. The third-order valence-electron chi connectivity index (χ3n) is 4.71. The molecule has 7 heteroatoms. The number of hydrogen-bond acceptors (Lipinski definition) is 5. The van der Waals surface area contributed by atoms with Gasteiger partial charge in [0.1, 0.15) is 0 Å². The van der Waals surface area contributed by atoms with Crippen molar-refractivity contribution in [2.24, 2.45) is 0 Å². The van der Waals surface area contributed by atoms with Crippen LogP contribution in [0.2, 0.25) is 0 Å². The Labute approximate surface area is 187 Å². The van der Waals surface area contributed by atoms with Crippen LogP contribution in [0.4, 0.5) is 5.13 Å². The molecule has 1 amide bonds. The van der Waals surface area contributed by atoms with Gasteiger partial charge in [0.15, 0.2) is 5.13 Å². The van der Waals surface area contributed by atoms with Crippen LogP contribution < -0.4 is 4.90 Å². The van der Waals surface area contributed by atoms with Crippen LogP contribution >= 0.6 is 35.5 Å². The van der Waals surface area contributed by atoms with Crippen LogP contribution in [-0.4, -0.2) is 49.2 Å². The van der Waals surface area contributed by atoms with E-state index in [1.165, 1.54) is 10.3 Å². The number of fused-ring (bicyclic) bond motifs is 1. The molecule has 0 spiro atoms. The van der Waals surface area contributed by atoms with E-state index in [9.17, 15) is 4.79 Å². The van der Waals surface area contributed by atoms with E-state index < -0.39 is 0 Å². The van der Waals surface area contributed by atoms with Crippen LogP contribution in [0.25, 0.3) is 10.2 Å². The smallest absolute Gasteiger partial charge is 0.260 e. The lowest BCUT2D eigenvalue weighted by molar-refractivity contribution is 0.0986. The summed E-state index contributed by atoms with van der Waals surface area (Å²) >= 11 is 3.26. The first kappa shape index (κ1) is 23.7. The number of anilines is 1. The molecule has 2 aromatic carbocycles. The van der Waals surface area contributed by atoms with E-state index in [1.54, 1.807) is 23.1 Å². The Kier molecular flexibility index (Phi) is 8.52. The summed E-state index contributed by atoms with van der Waals surface area (Å²) < 4.78 is 1.17. The summed E-state index contributed by atoms with van der Waals surface area (Å²) in [5.74, 6) is 0.0176. The minimum atomic E-state index is 0. The number of thioether (sulfide) groups is 1. The van der Waals surface area contributed by atoms with Crippen LogP contribution in [0.3, 0.4) is 0 Å². The molecule has 29 heavy (non-hydrogen) atoms. The summed E-state index contributed by atoms with van der Waals surface area (Å²) in [4.78, 5) is 23.4. The van der Waals surface area contributed by atoms with Crippen molar-refractivity contribution in [3.8, 4) is 0 Å². The van der Waals surface area contributed by atoms with E-state index in [0.717, 1.165) is 34.1 Å². The fourth-order valence-corrected chi connectivity index (χ4v) is 4.70. The first-order valence-corrected chi connectivity index (χ1v) is 11.4. The molecule has 3 rings (SSSR count). The van der Waals surface area contributed by atoms with Gasteiger partial charge in [-0.05, 0) is 76.5 Å². The highest BCUT2D eigenvalue weighted by Gasteiger charge is 2.22. The van der Waals surface area contributed by atoms with Gasteiger partial charge < -0.3 is 4.90 Å². The van der Waals surface area contributed by atoms with Crippen LogP contribution in [0.15, 0.2) is 41.3 Å². The molecule has 0 bridgehead atoms. The summed E-state index contributed by atoms with van der Waals surface area (Å²) in [5.41, 5.74) is 4.07. The van der Waals surface area contributed by atoms with Gasteiger partial charge in [0.25, 0.3) is 5.91 Å². The normalized spacial score (nSPS) is 11.0. The average Bonchev–Trinajstić information content (AvgIpc) is 3.14. The molecule has 0 unspecified atom stereocenters. The Morgan fingerprint density at radius 2 is 1.83 bits per heavy atom. The van der Waals surface area contributed by atoms with Gasteiger partial charge in [-0.25, -0.2) is 4.98 Å². The monoisotopic (exact) mass is 449 g/mol. The zero-order chi connectivity index (χ0) is 20.3. The molecular formula is C22H28ClN3OS2. The zero-order valence-electron chi connectivity index (χ0n) is 17.6. The third-order valence-corrected chi connectivity index (χ3v) is 6.65. The highest BCUT2D eigenvalue weighted by atomic mass is 35.5. The van der Waals surface area contributed by atoms with Gasteiger partial charge in [-0.15, -0.1) is 24.2 Å². The van der Waals surface area contributed by atoms with Crippen molar-refractivity contribution in [3.05, 3.63) is 53.1 Å². The number of aromatic nitrogens is 1. The minimum Gasteiger partial charge on any atom is -0.309 e. The number of nitrogens with zero attached hydrogens (tertiary/aromatic N) is 3. The molecule has 0 aliphatic carbocycles. The molecule has 0 N–H and O–H groups in total. The van der Waals surface area contributed by atoms with Crippen molar-refractivity contribution < 1.29 is 4.79 Å². The molecule has 0 atom stereocenters. The first-order valence-electron chi connectivity index (χ1n) is 9.38. The minimum absolute atomic E-state index is 0. The SMILES string of the molecule is CSc1cccc(C(=O)N(CCCN(C)C)c2nc3c(C)ccc(C)c3s2)c1.Cl. The third kappa shape index (κ3) is 5.51. The maximum atomic E-state index is 13.4. The van der Waals surface area contributed by atoms with Gasteiger partial charge in [0.2, 0.25) is 0 Å². The van der Waals surface area contributed by atoms with Crippen LogP contribution in [0.5, 0.6) is 0 Å². The summed E-state index contributed by atoms with van der Waals surface area (Å²) in [6.45, 7) is 5.76. The van der Waals surface area contributed by atoms with Gasteiger partial charge in [0.05, 0.1) is 10.2 Å². The zero-order valence-corrected chi connectivity index (χ0v) is 20.0. The Morgan fingerprint density at radius 1 is 1.10 bits per heavy atom. The number of amides is 1. The second-order valence-corrected chi connectivity index (χ2v) is 9.08. The highest BCUT2D eigenvalue weighted by molar-refractivity contribution is 7.98. The number of aryl methyl sites for hydroxylation is 2. The van der Waals surface area contributed by atoms with Gasteiger partial charge in [0, 0.05) is 17.0 Å². The number of benzene rings is 2. The predicted octanol–water partition coefficient (Wildman–Crippen LogP) is 5.66. The molecule has 0 saturated heterocycles. The van der Waals surface area contributed by atoms with Gasteiger partial charge >= 0.3 is 0 Å². The molecule has 0 aliphatic rings. The van der Waals surface area contributed by atoms with Gasteiger partial charge in [-0.3, -0.25) is 9.69 Å². The van der Waals surface area contributed by atoms with Crippen LogP contribution in [0, 0.1) is 13.8 Å². The average molecular weight is 450 g/mol. The van der Waals surface area contributed by atoms with Gasteiger partial charge in [-0.2, -0.15) is 0 Å². The Hall–Kier alpha value is -1.60. The lowest BCUT2D eigenvalue weighted by Gasteiger charge is -2.21. The van der Waals surface area contributed by atoms with E-state index in [-0.39, 0.29) is 18.3 Å². The van der Waals surface area contributed by atoms with Crippen LogP contribution in [-0.2, 0) is 0 Å². The first-order chi connectivity index (χ1) is 13.4. The number of halogens is 1. The Bertz CT molecular complexity index is 948. The van der Waals surface area contributed by atoms with E-state index in [4.69, 9.17) is 4.98 Å². The maximum absolute atomic E-state index is 13.4. The summed E-state index contributed by atoms with van der Waals surface area (Å²) in [6.07, 6.45) is 2.92. The molecule has 1 heterocycles. The van der Waals surface area contributed by atoms with E-state index >= 15 is 0 Å². The van der Waals surface area contributed by atoms with Crippen molar-refractivity contribution in [1.82, 2.24) is 9.88 Å². The Balaban J connectivity index is 0.00000300.